The first-order valence-corrected chi connectivity index (χ1v) is 17.3. The zero-order valence-electron chi connectivity index (χ0n) is 14.8. The summed E-state index contributed by atoms with van der Waals surface area (Å²) in [4.78, 5) is 35.8. The molecule has 0 aromatic heterocycles. The maximum Gasteiger partial charge on any atom is 0.397 e. The molecule has 0 heterocycles. The van der Waals surface area contributed by atoms with E-state index < -0.39 is 27.2 Å². The fourth-order valence-corrected chi connectivity index (χ4v) is 12.8. The molecule has 0 saturated heterocycles. The minimum absolute atomic E-state index is 0. The molecule has 0 bridgehead atoms. The van der Waals surface area contributed by atoms with Gasteiger partial charge in [-0.05, 0) is 27.7 Å². The molecule has 0 aliphatic rings. The van der Waals surface area contributed by atoms with Gasteiger partial charge in [-0.25, -0.2) is 18.3 Å². The molecule has 12 nitrogen and oxygen atoms in total. The fourth-order valence-electron chi connectivity index (χ4n) is 1.01. The van der Waals surface area contributed by atoms with Crippen LogP contribution in [0.5, 0.6) is 0 Å². The van der Waals surface area contributed by atoms with Gasteiger partial charge in [-0.1, -0.05) is 0 Å². The molecule has 0 aromatic carbocycles. The van der Waals surface area contributed by atoms with E-state index in [4.69, 9.17) is 19.6 Å². The van der Waals surface area contributed by atoms with Gasteiger partial charge in [-0.15, -0.1) is 0 Å². The average Bonchev–Trinajstić information content (AvgIpc) is 2.35. The van der Waals surface area contributed by atoms with Gasteiger partial charge in [0.1, 0.15) is 0 Å². The smallest absolute Gasteiger partial charge is 0.316 e. The molecule has 27 heavy (non-hydrogen) atoms. The first-order chi connectivity index (χ1) is 11.7. The standard InChI is InChI=1S/2C4H12O6P2S.Co/c2*1-3-9-11(5,6)13-12(7,8)10-4-2;/h2*3-4H2,1-2H3,(H,5,6)(H,7,8);. The zero-order valence-corrected chi connectivity index (χ0v) is 21.1. The molecule has 0 aliphatic heterocycles. The van der Waals surface area contributed by atoms with E-state index in [9.17, 15) is 18.3 Å². The van der Waals surface area contributed by atoms with Crippen LogP contribution < -0.4 is 0 Å². The van der Waals surface area contributed by atoms with Crippen LogP contribution in [0.25, 0.3) is 0 Å². The maximum absolute atomic E-state index is 11.0. The van der Waals surface area contributed by atoms with Crippen molar-refractivity contribution in [1.82, 2.24) is 0 Å². The van der Waals surface area contributed by atoms with Crippen LogP contribution in [0.3, 0.4) is 0 Å². The van der Waals surface area contributed by atoms with E-state index in [0.717, 1.165) is 0 Å². The zero-order chi connectivity index (χ0) is 21.1. The Kier molecular flexibility index (Phi) is 19.3. The summed E-state index contributed by atoms with van der Waals surface area (Å²) in [5.74, 6) is 0. The summed E-state index contributed by atoms with van der Waals surface area (Å²) in [7, 11) is 0. The van der Waals surface area contributed by atoms with Gasteiger partial charge < -0.3 is 37.7 Å². The van der Waals surface area contributed by atoms with Gasteiger partial charge >= 0.3 is 27.2 Å². The SMILES string of the molecule is CCOP(=O)(O)SP(=O)(O)OCC.CCOP(=O)(O)SP(=O)(O)OCC.[Co]. The van der Waals surface area contributed by atoms with Crippen molar-refractivity contribution in [3.05, 3.63) is 0 Å². The summed E-state index contributed by atoms with van der Waals surface area (Å²) in [6.07, 6.45) is 0. The van der Waals surface area contributed by atoms with Crippen LogP contribution in [-0.2, 0) is 53.1 Å². The first kappa shape index (κ1) is 33.4. The largest absolute Gasteiger partial charge is 0.397 e. The van der Waals surface area contributed by atoms with Gasteiger partial charge in [0.05, 0.1) is 48.4 Å². The van der Waals surface area contributed by atoms with Crippen LogP contribution in [0, 0.1) is 0 Å². The second-order valence-corrected chi connectivity index (χ2v) is 18.3. The molecule has 0 fully saturated rings. The van der Waals surface area contributed by atoms with Crippen molar-refractivity contribution in [2.75, 3.05) is 26.4 Å². The molecule has 169 valence electrons. The predicted molar refractivity (Wildman–Crippen MR) is 101 cm³/mol. The van der Waals surface area contributed by atoms with Crippen LogP contribution in [0.4, 0.5) is 0 Å². The Morgan fingerprint density at radius 2 is 0.704 bits per heavy atom. The van der Waals surface area contributed by atoms with Crippen LogP contribution in [0.15, 0.2) is 0 Å². The van der Waals surface area contributed by atoms with E-state index in [1.165, 1.54) is 27.7 Å². The Labute approximate surface area is 175 Å². The third kappa shape index (κ3) is 20.8. The Balaban J connectivity index is -0.000000411. The first-order valence-electron chi connectivity index (χ1n) is 6.97. The summed E-state index contributed by atoms with van der Waals surface area (Å²) >= 11 is -0.138. The molecule has 4 unspecified atom stereocenters. The molecule has 0 amide bonds. The Morgan fingerprint density at radius 1 is 0.556 bits per heavy atom. The number of hydrogen-bond acceptors (Lipinski definition) is 10. The molecule has 0 rings (SSSR count). The monoisotopic (exact) mass is 559 g/mol. The van der Waals surface area contributed by atoms with Gasteiger partial charge in [0, 0.05) is 16.8 Å². The van der Waals surface area contributed by atoms with E-state index in [1.807, 2.05) is 0 Å². The van der Waals surface area contributed by atoms with Gasteiger partial charge in [-0.2, -0.15) is 0 Å². The molecule has 0 spiro atoms. The molecule has 1 radical (unpaired) electrons. The van der Waals surface area contributed by atoms with Gasteiger partial charge in [0.25, 0.3) is 0 Å². The van der Waals surface area contributed by atoms with Gasteiger partial charge in [0.2, 0.25) is 0 Å². The summed E-state index contributed by atoms with van der Waals surface area (Å²) in [6.45, 7) is -10.3. The number of rotatable bonds is 12. The predicted octanol–water partition coefficient (Wildman–Crippen LogP) is 3.98. The molecule has 0 aromatic rings. The molecular formula is C8H24CoO12P4S2. The van der Waals surface area contributed by atoms with Crippen LogP contribution in [-0.4, -0.2) is 46.0 Å². The van der Waals surface area contributed by atoms with E-state index in [1.54, 1.807) is 0 Å². The normalized spacial score (nSPS) is 19.9. The average molecular weight is 559 g/mol. The van der Waals surface area contributed by atoms with Crippen molar-refractivity contribution in [2.24, 2.45) is 0 Å². The van der Waals surface area contributed by atoms with Crippen molar-refractivity contribution in [3.8, 4) is 0 Å². The van der Waals surface area contributed by atoms with Gasteiger partial charge in [0.15, 0.2) is 0 Å². The fraction of sp³-hybridized carbons (Fsp3) is 1.00. The van der Waals surface area contributed by atoms with Crippen LogP contribution >= 0.6 is 49.2 Å². The number of hydrogen-bond donors (Lipinski definition) is 4. The maximum atomic E-state index is 11.0. The van der Waals surface area contributed by atoms with Crippen molar-refractivity contribution in [2.45, 2.75) is 27.7 Å². The van der Waals surface area contributed by atoms with Crippen LogP contribution in [0.1, 0.15) is 27.7 Å². The Morgan fingerprint density at radius 3 is 0.815 bits per heavy atom. The van der Waals surface area contributed by atoms with Crippen molar-refractivity contribution >= 4 is 49.2 Å². The molecule has 19 heteroatoms. The second kappa shape index (κ2) is 15.6. The van der Waals surface area contributed by atoms with E-state index in [0.29, 0.717) is 0 Å². The summed E-state index contributed by atoms with van der Waals surface area (Å²) < 4.78 is 61.4. The summed E-state index contributed by atoms with van der Waals surface area (Å²) in [6, 6.07) is 0. The quantitative estimate of drug-likeness (QED) is 0.252. The Hall–Kier alpha value is 1.81. The second-order valence-electron chi connectivity index (χ2n) is 3.71. The van der Waals surface area contributed by atoms with Crippen LogP contribution in [0.2, 0.25) is 0 Å². The van der Waals surface area contributed by atoms with Crippen molar-refractivity contribution in [1.29, 1.82) is 0 Å². The minimum Gasteiger partial charge on any atom is -0.316 e. The third-order valence-corrected chi connectivity index (χ3v) is 15.9. The van der Waals surface area contributed by atoms with Crippen molar-refractivity contribution in [3.63, 3.8) is 0 Å². The van der Waals surface area contributed by atoms with Gasteiger partial charge in [-0.3, -0.25) is 0 Å². The molecular weight excluding hydrogens is 535 g/mol. The Bertz CT molecular complexity index is 494. The van der Waals surface area contributed by atoms with E-state index in [-0.39, 0.29) is 65.2 Å². The van der Waals surface area contributed by atoms with E-state index >= 15 is 0 Å². The molecule has 4 atom stereocenters. The van der Waals surface area contributed by atoms with E-state index in [2.05, 4.69) is 18.1 Å². The molecule has 0 aliphatic carbocycles. The topological polar surface area (TPSA) is 186 Å². The summed E-state index contributed by atoms with van der Waals surface area (Å²) in [5, 5.41) is 0. The van der Waals surface area contributed by atoms with Crippen molar-refractivity contribution < 1.29 is 72.7 Å². The third-order valence-electron chi connectivity index (χ3n) is 1.58. The molecule has 4 N–H and O–H groups in total. The molecule has 0 saturated carbocycles. The minimum atomic E-state index is -4.07. The summed E-state index contributed by atoms with van der Waals surface area (Å²) in [5.41, 5.74) is 0.